The van der Waals surface area contributed by atoms with E-state index in [2.05, 4.69) is 0 Å². The van der Waals surface area contributed by atoms with Gasteiger partial charge in [-0.25, -0.2) is 0 Å². The van der Waals surface area contributed by atoms with Gasteiger partial charge in [-0.05, 0) is 48.2 Å². The maximum absolute atomic E-state index is 9.46. The molecule has 0 amide bonds. The molecular formula is C17H18O2W. The number of hydrogen-bond donors (Lipinski definition) is 2. The molecule has 2 aromatic carbocycles. The van der Waals surface area contributed by atoms with Crippen LogP contribution in [0, 0.1) is 0 Å². The first kappa shape index (κ1) is 15.1. The summed E-state index contributed by atoms with van der Waals surface area (Å²) < 4.78 is 0. The first-order valence-corrected chi connectivity index (χ1v) is 6.80. The van der Waals surface area contributed by atoms with Gasteiger partial charge in [-0.1, -0.05) is 37.1 Å². The monoisotopic (exact) mass is 438 g/mol. The summed E-state index contributed by atoms with van der Waals surface area (Å²) in [6.07, 6.45) is 4.70. The first-order chi connectivity index (χ1) is 9.21. The van der Waals surface area contributed by atoms with Crippen molar-refractivity contribution >= 4 is 0 Å². The van der Waals surface area contributed by atoms with Gasteiger partial charge in [0.1, 0.15) is 11.5 Å². The normalized spacial score (nSPS) is 16.6. The number of benzene rings is 2. The molecule has 0 unspecified atom stereocenters. The summed E-state index contributed by atoms with van der Waals surface area (Å²) in [5.74, 6) is 0.616. The molecule has 3 rings (SSSR count). The van der Waals surface area contributed by atoms with Crippen LogP contribution < -0.4 is 0 Å². The van der Waals surface area contributed by atoms with Crippen molar-refractivity contribution in [3.8, 4) is 11.5 Å². The van der Waals surface area contributed by atoms with E-state index in [1.165, 1.54) is 24.0 Å². The Morgan fingerprint density at radius 3 is 1.35 bits per heavy atom. The smallest absolute Gasteiger partial charge is 0.115 e. The second-order valence-corrected chi connectivity index (χ2v) is 5.38. The van der Waals surface area contributed by atoms with Crippen LogP contribution in [0.2, 0.25) is 0 Å². The second kappa shape index (κ2) is 6.01. The number of hydrogen-bond acceptors (Lipinski definition) is 2. The third-order valence-electron chi connectivity index (χ3n) is 4.30. The molecule has 2 aromatic rings. The predicted octanol–water partition coefficient (Wildman–Crippen LogP) is 3.96. The molecule has 2 nitrogen and oxygen atoms in total. The van der Waals surface area contributed by atoms with Gasteiger partial charge >= 0.3 is 0 Å². The van der Waals surface area contributed by atoms with Crippen LogP contribution in [0.4, 0.5) is 0 Å². The Morgan fingerprint density at radius 1 is 0.650 bits per heavy atom. The molecule has 1 fully saturated rings. The average Bonchev–Trinajstić information content (AvgIpc) is 2.91. The molecule has 0 aromatic heterocycles. The maximum atomic E-state index is 9.46. The van der Waals surface area contributed by atoms with Crippen molar-refractivity contribution in [2.45, 2.75) is 31.1 Å². The van der Waals surface area contributed by atoms with Crippen molar-refractivity contribution in [2.75, 3.05) is 0 Å². The van der Waals surface area contributed by atoms with E-state index in [1.807, 2.05) is 24.3 Å². The molecule has 0 spiro atoms. The first-order valence-electron chi connectivity index (χ1n) is 6.80. The fraction of sp³-hybridized carbons (Fsp3) is 0.294. The summed E-state index contributed by atoms with van der Waals surface area (Å²) in [6.45, 7) is 0. The Morgan fingerprint density at radius 2 is 1.00 bits per heavy atom. The molecule has 0 heterocycles. The van der Waals surface area contributed by atoms with E-state index < -0.39 is 0 Å². The summed E-state index contributed by atoms with van der Waals surface area (Å²) in [5.41, 5.74) is 2.56. The quantitative estimate of drug-likeness (QED) is 0.746. The minimum atomic E-state index is 0. The number of aromatic hydroxyl groups is 2. The third kappa shape index (κ3) is 2.62. The molecule has 0 bridgehead atoms. The van der Waals surface area contributed by atoms with E-state index in [9.17, 15) is 10.2 Å². The molecule has 0 saturated heterocycles. The van der Waals surface area contributed by atoms with Crippen molar-refractivity contribution < 1.29 is 31.3 Å². The van der Waals surface area contributed by atoms with Crippen LogP contribution in [-0.2, 0) is 26.5 Å². The van der Waals surface area contributed by atoms with Crippen LogP contribution in [0.5, 0.6) is 11.5 Å². The van der Waals surface area contributed by atoms with E-state index >= 15 is 0 Å². The zero-order chi connectivity index (χ0) is 13.3. The van der Waals surface area contributed by atoms with E-state index in [-0.39, 0.29) is 26.5 Å². The minimum Gasteiger partial charge on any atom is -0.508 e. The van der Waals surface area contributed by atoms with Gasteiger partial charge in [0.2, 0.25) is 0 Å². The Kier molecular flexibility index (Phi) is 4.55. The topological polar surface area (TPSA) is 40.5 Å². The Balaban J connectivity index is 0.00000147. The summed E-state index contributed by atoms with van der Waals surface area (Å²) in [6, 6.07) is 15.1. The van der Waals surface area contributed by atoms with Crippen LogP contribution in [-0.4, -0.2) is 10.2 Å². The van der Waals surface area contributed by atoms with E-state index in [4.69, 9.17) is 0 Å². The second-order valence-electron chi connectivity index (χ2n) is 5.38. The van der Waals surface area contributed by atoms with Crippen LogP contribution in [0.25, 0.3) is 0 Å². The zero-order valence-corrected chi connectivity index (χ0v) is 14.2. The van der Waals surface area contributed by atoms with Crippen LogP contribution in [0.1, 0.15) is 36.8 Å². The van der Waals surface area contributed by atoms with Gasteiger partial charge in [-0.3, -0.25) is 0 Å². The van der Waals surface area contributed by atoms with Crippen molar-refractivity contribution in [3.05, 3.63) is 59.7 Å². The molecular weight excluding hydrogens is 420 g/mol. The third-order valence-corrected chi connectivity index (χ3v) is 4.30. The largest absolute Gasteiger partial charge is 0.508 e. The van der Waals surface area contributed by atoms with E-state index in [0.29, 0.717) is 11.5 Å². The number of phenolic OH excluding ortho intramolecular Hbond substituents is 2. The summed E-state index contributed by atoms with van der Waals surface area (Å²) in [5, 5.41) is 18.9. The zero-order valence-electron chi connectivity index (χ0n) is 11.2. The van der Waals surface area contributed by atoms with Crippen LogP contribution in [0.3, 0.4) is 0 Å². The fourth-order valence-electron chi connectivity index (χ4n) is 3.28. The van der Waals surface area contributed by atoms with Crippen molar-refractivity contribution in [1.29, 1.82) is 0 Å². The minimum absolute atomic E-state index is 0. The molecule has 0 atom stereocenters. The molecule has 1 aliphatic carbocycles. The van der Waals surface area contributed by atoms with Crippen molar-refractivity contribution in [1.82, 2.24) is 0 Å². The summed E-state index contributed by atoms with van der Waals surface area (Å²) in [4.78, 5) is 0. The van der Waals surface area contributed by atoms with Gasteiger partial charge in [0.05, 0.1) is 0 Å². The van der Waals surface area contributed by atoms with Crippen molar-refractivity contribution in [3.63, 3.8) is 0 Å². The molecule has 1 aliphatic rings. The molecule has 20 heavy (non-hydrogen) atoms. The Hall–Kier alpha value is -1.27. The SMILES string of the molecule is Oc1ccc(C2(c3ccc(O)cc3)CCCC2)cc1.[W]. The molecule has 2 N–H and O–H groups in total. The Bertz CT molecular complexity index is 507. The van der Waals surface area contributed by atoms with Crippen molar-refractivity contribution in [2.24, 2.45) is 0 Å². The van der Waals surface area contributed by atoms with Crippen LogP contribution in [0.15, 0.2) is 48.5 Å². The molecule has 3 heteroatoms. The number of phenols is 2. The van der Waals surface area contributed by atoms with Gasteiger partial charge in [-0.2, -0.15) is 0 Å². The molecule has 0 radical (unpaired) electrons. The molecule has 104 valence electrons. The van der Waals surface area contributed by atoms with Gasteiger partial charge in [-0.15, -0.1) is 0 Å². The summed E-state index contributed by atoms with van der Waals surface area (Å²) >= 11 is 0. The van der Waals surface area contributed by atoms with E-state index in [1.54, 1.807) is 24.3 Å². The van der Waals surface area contributed by atoms with Crippen LogP contribution >= 0.6 is 0 Å². The Labute approximate surface area is 133 Å². The number of rotatable bonds is 2. The van der Waals surface area contributed by atoms with Gasteiger partial charge < -0.3 is 10.2 Å². The van der Waals surface area contributed by atoms with Gasteiger partial charge in [0.25, 0.3) is 0 Å². The van der Waals surface area contributed by atoms with E-state index in [0.717, 1.165) is 12.8 Å². The fourth-order valence-corrected chi connectivity index (χ4v) is 3.28. The molecule has 1 saturated carbocycles. The predicted molar refractivity (Wildman–Crippen MR) is 75.5 cm³/mol. The van der Waals surface area contributed by atoms with Gasteiger partial charge in [0.15, 0.2) is 0 Å². The average molecular weight is 438 g/mol. The molecule has 0 aliphatic heterocycles. The summed E-state index contributed by atoms with van der Waals surface area (Å²) in [7, 11) is 0. The van der Waals surface area contributed by atoms with Gasteiger partial charge in [0, 0.05) is 26.5 Å². The standard InChI is InChI=1S/C17H18O2.W/c18-15-7-3-13(4-8-15)17(11-1-2-12-17)14-5-9-16(19)10-6-14;/h3-10,18-19H,1-2,11-12H2;. The maximum Gasteiger partial charge on any atom is 0.115 e.